The summed E-state index contributed by atoms with van der Waals surface area (Å²) in [6.07, 6.45) is 52.0. The van der Waals surface area contributed by atoms with Crippen molar-refractivity contribution in [2.24, 2.45) is 0 Å². The Balaban J connectivity index is 1.42. The van der Waals surface area contributed by atoms with Crippen molar-refractivity contribution in [1.29, 1.82) is 0 Å². The highest BCUT2D eigenvalue weighted by Gasteiger charge is 2.53. The summed E-state index contributed by atoms with van der Waals surface area (Å²) in [4.78, 5) is 13.5. The predicted octanol–water partition coefficient (Wildman–Crippen LogP) is 12.0. The number of carbonyl (C=O) groups excluding carboxylic acids is 1. The molecule has 19 heteroatoms. The Kier molecular flexibility index (Phi) is 53.7. The number of aliphatic hydroxyl groups excluding tert-OH is 11. The quantitative estimate of drug-likeness (QED) is 0.0199. The van der Waals surface area contributed by atoms with E-state index in [1.54, 1.807) is 0 Å². The summed E-state index contributed by atoms with van der Waals surface area (Å²) in [5.41, 5.74) is 0. The Hall–Kier alpha value is -3.29. The van der Waals surface area contributed by atoms with Crippen LogP contribution in [0, 0.1) is 0 Å². The maximum atomic E-state index is 13.5. The molecule has 0 aromatic carbocycles. The predicted molar refractivity (Wildman–Crippen MR) is 387 cm³/mol. The van der Waals surface area contributed by atoms with Gasteiger partial charge in [-0.15, -0.1) is 0 Å². The average Bonchev–Trinajstić information content (AvgIpc) is 0.785. The largest absolute Gasteiger partial charge is 0.394 e. The van der Waals surface area contributed by atoms with Crippen LogP contribution in [0.25, 0.3) is 0 Å². The lowest BCUT2D eigenvalue weighted by Gasteiger charge is -2.48. The van der Waals surface area contributed by atoms with Gasteiger partial charge in [-0.1, -0.05) is 278 Å². The number of carbonyl (C=O) groups is 1. The summed E-state index contributed by atoms with van der Waals surface area (Å²) in [7, 11) is 0. The fraction of sp³-hybridized carbons (Fsp3) is 0.785. The van der Waals surface area contributed by atoms with Crippen LogP contribution in [0.2, 0.25) is 0 Å². The molecular formula is C79H137NO18. The standard InChI is InChI=1S/C79H137NO18/c1-3-5-7-9-11-13-15-17-19-21-23-25-27-29-31-33-35-37-39-41-43-45-47-49-51-53-55-57-67(85)80-62(63(84)56-54-52-50-48-46-44-42-40-38-36-34-32-30-28-26-24-22-20-18-16-14-12-10-8-6-4-2)61-93-77-73(91)70(88)75(65(59-82)95-77)98-79-74(92)71(89)76(66(60-83)96-79)97-78-72(90)69(87)68(86)64(58-81)94-78/h5,7,11,13,17,19,23,25,29,31,35,37,41,43,47,49,62-66,68-79,81-84,86-92H,3-4,6,8-10,12,14-16,18,20-22,24,26-28,30,32-34,36,38-40,42,44-46,48,50-61H2,1-2H3,(H,80,85)/b7-5-,13-11-,19-17-,25-23-,31-29-,37-35-,43-41-,49-47-. The Bertz CT molecular complexity index is 2150. The first-order chi connectivity index (χ1) is 47.8. The van der Waals surface area contributed by atoms with E-state index >= 15 is 0 Å². The van der Waals surface area contributed by atoms with Crippen LogP contribution >= 0.6 is 0 Å². The van der Waals surface area contributed by atoms with Gasteiger partial charge in [-0.2, -0.15) is 0 Å². The Morgan fingerprint density at radius 3 is 1.08 bits per heavy atom. The van der Waals surface area contributed by atoms with Gasteiger partial charge in [0.2, 0.25) is 5.91 Å². The number of ether oxygens (including phenoxy) is 6. The molecule has 98 heavy (non-hydrogen) atoms. The molecule has 19 nitrogen and oxygen atoms in total. The minimum absolute atomic E-state index is 0.205. The van der Waals surface area contributed by atoms with Crippen LogP contribution in [0.15, 0.2) is 97.2 Å². The Morgan fingerprint density at radius 1 is 0.378 bits per heavy atom. The first-order valence-corrected chi connectivity index (χ1v) is 38.5. The van der Waals surface area contributed by atoms with E-state index in [1.807, 2.05) is 0 Å². The van der Waals surface area contributed by atoms with E-state index in [1.165, 1.54) is 141 Å². The maximum absolute atomic E-state index is 13.5. The van der Waals surface area contributed by atoms with Crippen molar-refractivity contribution in [2.45, 2.75) is 369 Å². The van der Waals surface area contributed by atoms with Gasteiger partial charge >= 0.3 is 0 Å². The summed E-state index contributed by atoms with van der Waals surface area (Å²) >= 11 is 0. The van der Waals surface area contributed by atoms with Gasteiger partial charge < -0.3 is 89.9 Å². The number of rotatable bonds is 59. The number of hydrogen-bond acceptors (Lipinski definition) is 18. The van der Waals surface area contributed by atoms with Crippen molar-refractivity contribution in [2.75, 3.05) is 26.4 Å². The van der Waals surface area contributed by atoms with Crippen molar-refractivity contribution in [3.63, 3.8) is 0 Å². The number of nitrogens with one attached hydrogen (secondary N) is 1. The molecule has 0 saturated carbocycles. The highest BCUT2D eigenvalue weighted by Crippen LogP contribution is 2.33. The summed E-state index contributed by atoms with van der Waals surface area (Å²) in [6, 6.07) is -0.920. The van der Waals surface area contributed by atoms with E-state index in [4.69, 9.17) is 28.4 Å². The normalized spacial score (nSPS) is 27.3. The minimum Gasteiger partial charge on any atom is -0.394 e. The molecular weight excluding hydrogens is 1250 g/mol. The summed E-state index contributed by atoms with van der Waals surface area (Å²) in [6.45, 7) is 1.67. The third-order valence-corrected chi connectivity index (χ3v) is 18.7. The van der Waals surface area contributed by atoms with Gasteiger partial charge in [-0.25, -0.2) is 0 Å². The van der Waals surface area contributed by atoms with E-state index < -0.39 is 124 Å². The minimum atomic E-state index is -1.98. The topological polar surface area (TPSA) is 307 Å². The molecule has 12 N–H and O–H groups in total. The molecule has 17 atom stereocenters. The molecule has 0 aliphatic carbocycles. The van der Waals surface area contributed by atoms with Gasteiger partial charge in [0.05, 0.1) is 38.6 Å². The second-order valence-corrected chi connectivity index (χ2v) is 27.1. The van der Waals surface area contributed by atoms with Gasteiger partial charge in [-0.3, -0.25) is 4.79 Å². The van der Waals surface area contributed by atoms with Crippen molar-refractivity contribution in [1.82, 2.24) is 5.32 Å². The molecule has 3 heterocycles. The third kappa shape index (κ3) is 39.4. The molecule has 0 bridgehead atoms. The van der Waals surface area contributed by atoms with Gasteiger partial charge in [0.25, 0.3) is 0 Å². The highest BCUT2D eigenvalue weighted by atomic mass is 16.8. The fourth-order valence-corrected chi connectivity index (χ4v) is 12.5. The average molecular weight is 1390 g/mol. The van der Waals surface area contributed by atoms with Crippen LogP contribution in [-0.4, -0.2) is 193 Å². The third-order valence-electron chi connectivity index (χ3n) is 18.7. The number of unbranched alkanes of at least 4 members (excludes halogenated alkanes) is 27. The van der Waals surface area contributed by atoms with Crippen molar-refractivity contribution >= 4 is 5.91 Å². The van der Waals surface area contributed by atoms with Crippen LogP contribution in [0.1, 0.15) is 264 Å². The number of aliphatic hydroxyl groups is 11. The smallest absolute Gasteiger partial charge is 0.220 e. The van der Waals surface area contributed by atoms with Crippen molar-refractivity contribution in [3.8, 4) is 0 Å². The van der Waals surface area contributed by atoms with Crippen LogP contribution in [0.3, 0.4) is 0 Å². The van der Waals surface area contributed by atoms with Crippen LogP contribution in [-0.2, 0) is 33.2 Å². The second-order valence-electron chi connectivity index (χ2n) is 27.1. The fourth-order valence-electron chi connectivity index (χ4n) is 12.5. The van der Waals surface area contributed by atoms with Gasteiger partial charge in [0, 0.05) is 6.42 Å². The van der Waals surface area contributed by atoms with Crippen molar-refractivity contribution in [3.05, 3.63) is 97.2 Å². The molecule has 3 aliphatic heterocycles. The van der Waals surface area contributed by atoms with Crippen LogP contribution in [0.4, 0.5) is 0 Å². The molecule has 566 valence electrons. The maximum Gasteiger partial charge on any atom is 0.220 e. The Labute approximate surface area is 590 Å². The van der Waals surface area contributed by atoms with Gasteiger partial charge in [0.15, 0.2) is 18.9 Å². The van der Waals surface area contributed by atoms with Crippen molar-refractivity contribution < 1.29 is 89.4 Å². The van der Waals surface area contributed by atoms with E-state index in [9.17, 15) is 61.0 Å². The first-order valence-electron chi connectivity index (χ1n) is 38.5. The monoisotopic (exact) mass is 1390 g/mol. The van der Waals surface area contributed by atoms with E-state index in [2.05, 4.69) is 116 Å². The summed E-state index contributed by atoms with van der Waals surface area (Å²) in [5, 5.41) is 121. The van der Waals surface area contributed by atoms with Gasteiger partial charge in [0.1, 0.15) is 73.2 Å². The first kappa shape index (κ1) is 88.9. The molecule has 3 aliphatic rings. The lowest BCUT2D eigenvalue weighted by molar-refractivity contribution is -0.379. The lowest BCUT2D eigenvalue weighted by Crippen LogP contribution is -2.66. The molecule has 17 unspecified atom stereocenters. The Morgan fingerprint density at radius 2 is 0.704 bits per heavy atom. The second kappa shape index (κ2) is 59.1. The number of amides is 1. The zero-order valence-corrected chi connectivity index (χ0v) is 60.2. The van der Waals surface area contributed by atoms with Crippen LogP contribution in [0.5, 0.6) is 0 Å². The van der Waals surface area contributed by atoms with Crippen LogP contribution < -0.4 is 5.32 Å². The molecule has 0 aromatic rings. The molecule has 0 spiro atoms. The molecule has 0 radical (unpaired) electrons. The zero-order chi connectivity index (χ0) is 71.1. The SMILES string of the molecule is CC/C=C\C/C=C\C/C=C\C/C=C\C/C=C\C/C=C\C/C=C\C/C=C\CCCCC(=O)NC(COC1OC(CO)C(OC2OC(CO)C(OC3OC(CO)C(O)C(O)C3O)C(O)C2O)C(O)C1O)C(O)CCCCCCCCCCCCCCCCCCCCCCCCCCCC. The zero-order valence-electron chi connectivity index (χ0n) is 60.2. The van der Waals surface area contributed by atoms with E-state index in [0.717, 1.165) is 83.5 Å². The molecule has 3 rings (SSSR count). The summed E-state index contributed by atoms with van der Waals surface area (Å²) < 4.78 is 34.5. The number of allylic oxidation sites excluding steroid dienone is 16. The highest BCUT2D eigenvalue weighted by molar-refractivity contribution is 5.76. The van der Waals surface area contributed by atoms with E-state index in [0.29, 0.717) is 19.3 Å². The van der Waals surface area contributed by atoms with Gasteiger partial charge in [-0.05, 0) is 77.0 Å². The molecule has 0 aromatic heterocycles. The molecule has 1 amide bonds. The number of hydrogen-bond donors (Lipinski definition) is 12. The molecule has 3 fully saturated rings. The van der Waals surface area contributed by atoms with E-state index in [-0.39, 0.29) is 18.9 Å². The lowest BCUT2D eigenvalue weighted by atomic mass is 9.96. The molecule has 3 saturated heterocycles. The summed E-state index contributed by atoms with van der Waals surface area (Å²) in [5.74, 6) is -0.286.